The molecule has 1 aromatic heterocycles. The van der Waals surface area contributed by atoms with Gasteiger partial charge in [0, 0.05) is 31.2 Å². The summed E-state index contributed by atoms with van der Waals surface area (Å²) in [5.41, 5.74) is 5.53. The van der Waals surface area contributed by atoms with E-state index in [0.29, 0.717) is 30.9 Å². The first kappa shape index (κ1) is 28.1. The van der Waals surface area contributed by atoms with E-state index in [1.165, 1.54) is 6.20 Å². The van der Waals surface area contributed by atoms with Crippen LogP contribution in [0, 0.1) is 23.6 Å². The molecule has 2 fully saturated rings. The Hall–Kier alpha value is -2.91. The summed E-state index contributed by atoms with van der Waals surface area (Å²) in [5.74, 6) is -1.67. The molecule has 0 radical (unpaired) electrons. The number of carboxylic acids is 1. The average Bonchev–Trinajstić information content (AvgIpc) is 3.58. The van der Waals surface area contributed by atoms with Gasteiger partial charge in [-0.3, -0.25) is 9.59 Å². The fourth-order valence-electron chi connectivity index (χ4n) is 5.83. The van der Waals surface area contributed by atoms with Crippen LogP contribution in [0.5, 0.6) is 0 Å². The molecule has 2 heterocycles. The van der Waals surface area contributed by atoms with Crippen molar-refractivity contribution >= 4 is 40.1 Å². The van der Waals surface area contributed by atoms with Crippen molar-refractivity contribution in [3.05, 3.63) is 51.0 Å². The average molecular weight is 547 g/mol. The summed E-state index contributed by atoms with van der Waals surface area (Å²) in [4.78, 5) is 39.1. The van der Waals surface area contributed by atoms with E-state index in [1.54, 1.807) is 4.57 Å². The second kappa shape index (κ2) is 10.7. The number of benzene rings is 1. The quantitative estimate of drug-likeness (QED) is 0.445. The third-order valence-corrected chi connectivity index (χ3v) is 8.13. The first-order valence-corrected chi connectivity index (χ1v) is 13.2. The molecular weight excluding hydrogens is 511 g/mol. The zero-order valence-electron chi connectivity index (χ0n) is 20.9. The zero-order chi connectivity index (χ0) is 26.6. The molecule has 8 nitrogen and oxygen atoms in total. The van der Waals surface area contributed by atoms with Gasteiger partial charge in [-0.15, -0.1) is 0 Å². The fraction of sp³-hybridized carbons (Fsp3) is 0.536. The van der Waals surface area contributed by atoms with Crippen LogP contribution in [0.15, 0.2) is 29.2 Å². The molecule has 3 aliphatic rings. The number of pyridine rings is 1. The lowest BCUT2D eigenvalue weighted by Gasteiger charge is -2.30. The Morgan fingerprint density at radius 2 is 2.00 bits per heavy atom. The molecule has 1 aliphatic heterocycles. The minimum atomic E-state index is -1.35. The Balaban J connectivity index is 0.00000336. The Morgan fingerprint density at radius 3 is 2.63 bits per heavy atom. The van der Waals surface area contributed by atoms with E-state index in [-0.39, 0.29) is 53.3 Å². The molecule has 0 bridgehead atoms. The number of hydrogen-bond donors (Lipinski definition) is 3. The van der Waals surface area contributed by atoms with E-state index < -0.39 is 28.8 Å². The standard InChI is InChI=1S/C27H32ClFN4O4.CH4/c1-13(2)8-20(30)26(35)31-21-5-3-4-14-10-32(11-17(14)21)24-19(29)9-16-23(22(24)28)33(15-6-7-15)12-18(25(16)34)27(36)37;/h3,5,9,12-15,17,20-21H,4,6-8,10-11,30H2,1-2H3,(H,31,35)(H,36,37);1H4/t14?,17?,20-,21?;/m0./s1. The van der Waals surface area contributed by atoms with Crippen LogP contribution in [-0.4, -0.2) is 46.7 Å². The normalized spacial score (nSPS) is 23.3. The number of fused-ring (bicyclic) bond motifs is 2. The number of carbonyl (C=O) groups is 2. The van der Waals surface area contributed by atoms with Crippen LogP contribution in [0.3, 0.4) is 0 Å². The van der Waals surface area contributed by atoms with Crippen LogP contribution >= 0.6 is 11.6 Å². The molecule has 5 rings (SSSR count). The maximum absolute atomic E-state index is 15.6. The highest BCUT2D eigenvalue weighted by Crippen LogP contribution is 2.44. The predicted molar refractivity (Wildman–Crippen MR) is 147 cm³/mol. The van der Waals surface area contributed by atoms with Crippen LogP contribution in [-0.2, 0) is 4.79 Å². The summed E-state index contributed by atoms with van der Waals surface area (Å²) < 4.78 is 17.3. The summed E-state index contributed by atoms with van der Waals surface area (Å²) >= 11 is 6.83. The van der Waals surface area contributed by atoms with Gasteiger partial charge in [-0.2, -0.15) is 0 Å². The van der Waals surface area contributed by atoms with E-state index in [1.807, 2.05) is 30.9 Å². The van der Waals surface area contributed by atoms with Gasteiger partial charge in [0.05, 0.1) is 33.7 Å². The van der Waals surface area contributed by atoms with Crippen LogP contribution in [0.4, 0.5) is 10.1 Å². The van der Waals surface area contributed by atoms with Crippen molar-refractivity contribution in [2.75, 3.05) is 18.0 Å². The van der Waals surface area contributed by atoms with E-state index in [0.717, 1.165) is 25.3 Å². The smallest absolute Gasteiger partial charge is 0.341 e. The Bertz CT molecular complexity index is 1350. The molecule has 4 atom stereocenters. The number of nitrogens with one attached hydrogen (secondary N) is 1. The molecule has 10 heteroatoms. The molecule has 2 aliphatic carbocycles. The lowest BCUT2D eigenvalue weighted by Crippen LogP contribution is -2.49. The number of nitrogens with zero attached hydrogens (tertiary/aromatic N) is 2. The third kappa shape index (κ3) is 5.06. The molecule has 3 unspecified atom stereocenters. The predicted octanol–water partition coefficient (Wildman–Crippen LogP) is 4.33. The first-order valence-electron chi connectivity index (χ1n) is 12.8. The van der Waals surface area contributed by atoms with E-state index >= 15 is 4.39 Å². The molecular formula is C28H36ClFN4O4. The first-order chi connectivity index (χ1) is 17.6. The number of rotatable bonds is 7. The Kier molecular flexibility index (Phi) is 7.91. The molecule has 2 aromatic rings. The van der Waals surface area contributed by atoms with Gasteiger partial charge in [0.1, 0.15) is 11.4 Å². The minimum Gasteiger partial charge on any atom is -0.477 e. The zero-order valence-corrected chi connectivity index (χ0v) is 21.7. The van der Waals surface area contributed by atoms with Crippen LogP contribution in [0.25, 0.3) is 10.9 Å². The molecule has 38 heavy (non-hydrogen) atoms. The maximum atomic E-state index is 15.6. The lowest BCUT2D eigenvalue weighted by atomic mass is 9.82. The van der Waals surface area contributed by atoms with Gasteiger partial charge >= 0.3 is 5.97 Å². The van der Waals surface area contributed by atoms with Gasteiger partial charge in [-0.05, 0) is 43.6 Å². The van der Waals surface area contributed by atoms with E-state index in [9.17, 15) is 19.5 Å². The lowest BCUT2D eigenvalue weighted by molar-refractivity contribution is -0.123. The van der Waals surface area contributed by atoms with Gasteiger partial charge in [0.25, 0.3) is 0 Å². The molecule has 0 spiro atoms. The van der Waals surface area contributed by atoms with Crippen molar-refractivity contribution in [3.63, 3.8) is 0 Å². The number of carbonyl (C=O) groups excluding carboxylic acids is 1. The molecule has 1 aromatic carbocycles. The maximum Gasteiger partial charge on any atom is 0.341 e. The Labute approximate surface area is 226 Å². The summed E-state index contributed by atoms with van der Waals surface area (Å²) in [5, 5.41) is 12.7. The van der Waals surface area contributed by atoms with Gasteiger partial charge in [0.15, 0.2) is 0 Å². The summed E-state index contributed by atoms with van der Waals surface area (Å²) in [6, 6.07) is 0.333. The highest BCUT2D eigenvalue weighted by molar-refractivity contribution is 6.38. The molecule has 1 saturated carbocycles. The second-order valence-electron chi connectivity index (χ2n) is 11.0. The molecule has 206 valence electrons. The Morgan fingerprint density at radius 1 is 1.29 bits per heavy atom. The van der Waals surface area contributed by atoms with Crippen molar-refractivity contribution in [1.29, 1.82) is 0 Å². The largest absolute Gasteiger partial charge is 0.477 e. The van der Waals surface area contributed by atoms with Gasteiger partial charge in [-0.25, -0.2) is 9.18 Å². The van der Waals surface area contributed by atoms with Crippen LogP contribution in [0.1, 0.15) is 63.4 Å². The second-order valence-corrected chi connectivity index (χ2v) is 11.4. The van der Waals surface area contributed by atoms with Crippen molar-refractivity contribution in [2.24, 2.45) is 23.5 Å². The van der Waals surface area contributed by atoms with Crippen molar-refractivity contribution in [3.8, 4) is 0 Å². The fourth-order valence-corrected chi connectivity index (χ4v) is 6.24. The van der Waals surface area contributed by atoms with Gasteiger partial charge in [-0.1, -0.05) is 45.0 Å². The highest BCUT2D eigenvalue weighted by atomic mass is 35.5. The summed E-state index contributed by atoms with van der Waals surface area (Å²) in [6.45, 7) is 5.06. The van der Waals surface area contributed by atoms with Gasteiger partial charge < -0.3 is 25.6 Å². The molecule has 4 N–H and O–H groups in total. The number of anilines is 1. The number of amides is 1. The van der Waals surface area contributed by atoms with Crippen LogP contribution in [0.2, 0.25) is 5.02 Å². The topological polar surface area (TPSA) is 118 Å². The van der Waals surface area contributed by atoms with E-state index in [4.69, 9.17) is 17.3 Å². The van der Waals surface area contributed by atoms with Crippen molar-refractivity contribution in [2.45, 2.75) is 65.1 Å². The summed E-state index contributed by atoms with van der Waals surface area (Å²) in [6.07, 6.45) is 8.42. The summed E-state index contributed by atoms with van der Waals surface area (Å²) in [7, 11) is 0. The number of allylic oxidation sites excluding steroid dienone is 1. The molecule has 1 saturated heterocycles. The van der Waals surface area contributed by atoms with Crippen LogP contribution < -0.4 is 21.4 Å². The number of halogens is 2. The number of hydrogen-bond acceptors (Lipinski definition) is 5. The minimum absolute atomic E-state index is 0. The number of aromatic carboxylic acids is 1. The van der Waals surface area contributed by atoms with Crippen molar-refractivity contribution in [1.82, 2.24) is 9.88 Å². The highest BCUT2D eigenvalue weighted by Gasteiger charge is 2.41. The number of carboxylic acid groups (broad SMARTS) is 1. The van der Waals surface area contributed by atoms with E-state index in [2.05, 4.69) is 5.32 Å². The monoisotopic (exact) mass is 546 g/mol. The molecule has 1 amide bonds. The number of aromatic nitrogens is 1. The third-order valence-electron chi connectivity index (χ3n) is 7.78. The SMILES string of the molecule is C.CC(C)C[C@H](N)C(=O)NC1C=CCC2CN(c3c(F)cc4c(=O)c(C(=O)O)cn(C5CC5)c4c3Cl)CC21. The number of nitrogens with two attached hydrogens (primary N) is 1. The van der Waals surface area contributed by atoms with Gasteiger partial charge in [0.2, 0.25) is 11.3 Å². The van der Waals surface area contributed by atoms with Crippen molar-refractivity contribution < 1.29 is 19.1 Å².